The molecule has 0 bridgehead atoms. The average Bonchev–Trinajstić information content (AvgIpc) is 3.11. The fraction of sp³-hybridized carbons (Fsp3) is 0. The molecule has 0 aliphatic carbocycles. The highest BCUT2D eigenvalue weighted by atomic mass is 35.5. The zero-order chi connectivity index (χ0) is 19.0. The van der Waals surface area contributed by atoms with Gasteiger partial charge in [-0.05, 0) is 30.3 Å². The fourth-order valence-electron chi connectivity index (χ4n) is 2.47. The number of aromatic nitrogens is 4. The number of fused-ring (bicyclic) bond motifs is 1. The first kappa shape index (κ1) is 20.3. The van der Waals surface area contributed by atoms with E-state index in [0.29, 0.717) is 22.5 Å². The number of hydrogen-bond donors (Lipinski definition) is 2. The van der Waals surface area contributed by atoms with Gasteiger partial charge in [0.15, 0.2) is 5.65 Å². The Kier molecular flexibility index (Phi) is 5.76. The van der Waals surface area contributed by atoms with Gasteiger partial charge in [-0.1, -0.05) is 35.3 Å². The van der Waals surface area contributed by atoms with Crippen LogP contribution in [0, 0.1) is 0 Å². The molecule has 7 nitrogen and oxygen atoms in total. The SMILES string of the molecule is Cl.O=S(=O)(Nc1ccc(-c2cnc3cn[nH]c3n2)cc1)c1cc(Cl)ccc1Cl. The monoisotopic (exact) mass is 455 g/mol. The van der Waals surface area contributed by atoms with Crippen LogP contribution in [0.15, 0.2) is 59.8 Å². The largest absolute Gasteiger partial charge is 0.280 e. The van der Waals surface area contributed by atoms with Gasteiger partial charge in [0.1, 0.15) is 10.4 Å². The van der Waals surface area contributed by atoms with Gasteiger partial charge in [-0.3, -0.25) is 9.82 Å². The number of nitrogens with one attached hydrogen (secondary N) is 2. The van der Waals surface area contributed by atoms with E-state index < -0.39 is 10.0 Å². The minimum Gasteiger partial charge on any atom is -0.280 e. The van der Waals surface area contributed by atoms with E-state index in [0.717, 1.165) is 5.56 Å². The van der Waals surface area contributed by atoms with E-state index in [1.54, 1.807) is 36.7 Å². The predicted octanol–water partition coefficient (Wildman–Crippen LogP) is 4.55. The first-order chi connectivity index (χ1) is 12.9. The zero-order valence-corrected chi connectivity index (χ0v) is 17.1. The summed E-state index contributed by atoms with van der Waals surface area (Å²) in [6.45, 7) is 0. The lowest BCUT2D eigenvalue weighted by Gasteiger charge is -2.10. The second-order valence-electron chi connectivity index (χ2n) is 5.62. The Morgan fingerprint density at radius 3 is 2.50 bits per heavy atom. The fourth-order valence-corrected chi connectivity index (χ4v) is 4.29. The molecule has 2 N–H and O–H groups in total. The van der Waals surface area contributed by atoms with Crippen LogP contribution in [0.1, 0.15) is 0 Å². The molecule has 0 aliphatic rings. The number of nitrogens with zero attached hydrogens (tertiary/aromatic N) is 3. The summed E-state index contributed by atoms with van der Waals surface area (Å²) in [5, 5.41) is 7.02. The van der Waals surface area contributed by atoms with E-state index in [9.17, 15) is 8.42 Å². The molecular formula is C17H12Cl3N5O2S. The highest BCUT2D eigenvalue weighted by molar-refractivity contribution is 7.92. The Balaban J connectivity index is 0.00000225. The van der Waals surface area contributed by atoms with E-state index in [1.165, 1.54) is 18.2 Å². The molecule has 0 fully saturated rings. The summed E-state index contributed by atoms with van der Waals surface area (Å²) >= 11 is 11.9. The van der Waals surface area contributed by atoms with Gasteiger partial charge >= 0.3 is 0 Å². The zero-order valence-electron chi connectivity index (χ0n) is 13.9. The van der Waals surface area contributed by atoms with Crippen molar-refractivity contribution in [1.29, 1.82) is 0 Å². The number of anilines is 1. The van der Waals surface area contributed by atoms with Gasteiger partial charge in [-0.15, -0.1) is 12.4 Å². The Bertz CT molecular complexity index is 1240. The smallest absolute Gasteiger partial charge is 0.263 e. The quantitative estimate of drug-likeness (QED) is 0.469. The molecule has 2 heterocycles. The summed E-state index contributed by atoms with van der Waals surface area (Å²) in [4.78, 5) is 8.60. The maximum absolute atomic E-state index is 12.6. The van der Waals surface area contributed by atoms with E-state index in [4.69, 9.17) is 23.2 Å². The third kappa shape index (κ3) is 4.05. The second kappa shape index (κ2) is 7.92. The molecule has 2 aromatic heterocycles. The summed E-state index contributed by atoms with van der Waals surface area (Å²) < 4.78 is 27.6. The van der Waals surface area contributed by atoms with Crippen LogP contribution in [0.4, 0.5) is 5.69 Å². The third-order valence-corrected chi connectivity index (χ3v) is 5.87. The van der Waals surface area contributed by atoms with Crippen LogP contribution in [0.5, 0.6) is 0 Å². The molecular weight excluding hydrogens is 445 g/mol. The molecule has 0 saturated carbocycles. The summed E-state index contributed by atoms with van der Waals surface area (Å²) in [6, 6.07) is 11.0. The molecule has 28 heavy (non-hydrogen) atoms. The molecule has 0 amide bonds. The minimum atomic E-state index is -3.87. The maximum atomic E-state index is 12.6. The standard InChI is InChI=1S/C17H11Cl2N5O2S.ClH/c18-11-3-6-13(19)16(7-11)27(25,26)24-12-4-1-10(2-5-12)14-8-20-15-9-21-23-17(15)22-14;/h1-9,24H,(H,21,22,23);1H. The van der Waals surface area contributed by atoms with E-state index in [-0.39, 0.29) is 27.3 Å². The third-order valence-electron chi connectivity index (χ3n) is 3.77. The van der Waals surface area contributed by atoms with Gasteiger partial charge in [0.25, 0.3) is 10.0 Å². The highest BCUT2D eigenvalue weighted by Crippen LogP contribution is 2.27. The molecule has 0 spiro atoms. The Labute approximate surface area is 176 Å². The number of H-pyrrole nitrogens is 1. The van der Waals surface area contributed by atoms with Crippen molar-refractivity contribution in [2.24, 2.45) is 0 Å². The number of halogens is 3. The summed E-state index contributed by atoms with van der Waals surface area (Å²) in [5.41, 5.74) is 3.04. The number of rotatable bonds is 4. The van der Waals surface area contributed by atoms with Gasteiger partial charge < -0.3 is 0 Å². The summed E-state index contributed by atoms with van der Waals surface area (Å²) in [6.07, 6.45) is 3.22. The molecule has 0 aliphatic heterocycles. The molecule has 0 radical (unpaired) electrons. The van der Waals surface area contributed by atoms with Crippen LogP contribution in [-0.2, 0) is 10.0 Å². The first-order valence-corrected chi connectivity index (χ1v) is 9.91. The van der Waals surface area contributed by atoms with Crippen LogP contribution in [-0.4, -0.2) is 28.6 Å². The molecule has 4 aromatic rings. The van der Waals surface area contributed by atoms with Crippen LogP contribution in [0.3, 0.4) is 0 Å². The number of hydrogen-bond acceptors (Lipinski definition) is 5. The van der Waals surface area contributed by atoms with Crippen molar-refractivity contribution in [3.05, 3.63) is 64.9 Å². The van der Waals surface area contributed by atoms with Gasteiger partial charge in [0, 0.05) is 16.3 Å². The van der Waals surface area contributed by atoms with Crippen molar-refractivity contribution < 1.29 is 8.42 Å². The van der Waals surface area contributed by atoms with E-state index >= 15 is 0 Å². The lowest BCUT2D eigenvalue weighted by atomic mass is 10.1. The maximum Gasteiger partial charge on any atom is 0.263 e. The Hall–Kier alpha value is -2.39. The summed E-state index contributed by atoms with van der Waals surface area (Å²) in [5.74, 6) is 0. The summed E-state index contributed by atoms with van der Waals surface area (Å²) in [7, 11) is -3.87. The van der Waals surface area contributed by atoms with Crippen LogP contribution < -0.4 is 4.72 Å². The van der Waals surface area contributed by atoms with Gasteiger partial charge in [-0.2, -0.15) is 5.10 Å². The predicted molar refractivity (Wildman–Crippen MR) is 112 cm³/mol. The first-order valence-electron chi connectivity index (χ1n) is 7.67. The van der Waals surface area contributed by atoms with E-state index in [2.05, 4.69) is 24.9 Å². The van der Waals surface area contributed by atoms with Crippen LogP contribution >= 0.6 is 35.6 Å². The van der Waals surface area contributed by atoms with Crippen molar-refractivity contribution in [3.63, 3.8) is 0 Å². The lowest BCUT2D eigenvalue weighted by molar-refractivity contribution is 0.601. The van der Waals surface area contributed by atoms with Crippen molar-refractivity contribution in [1.82, 2.24) is 20.2 Å². The number of aromatic amines is 1. The Morgan fingerprint density at radius 1 is 1.00 bits per heavy atom. The second-order valence-corrected chi connectivity index (χ2v) is 8.11. The minimum absolute atomic E-state index is 0. The lowest BCUT2D eigenvalue weighted by Crippen LogP contribution is -2.13. The molecule has 0 unspecified atom stereocenters. The van der Waals surface area contributed by atoms with Gasteiger partial charge in [-0.25, -0.2) is 18.4 Å². The highest BCUT2D eigenvalue weighted by Gasteiger charge is 2.18. The molecule has 0 atom stereocenters. The van der Waals surface area contributed by atoms with E-state index in [1.807, 2.05) is 0 Å². The number of benzene rings is 2. The van der Waals surface area contributed by atoms with Crippen molar-refractivity contribution >= 4 is 62.5 Å². The van der Waals surface area contributed by atoms with Gasteiger partial charge in [0.05, 0.1) is 23.1 Å². The average molecular weight is 457 g/mol. The Morgan fingerprint density at radius 2 is 1.75 bits per heavy atom. The van der Waals surface area contributed by atoms with Crippen molar-refractivity contribution in [2.75, 3.05) is 4.72 Å². The molecule has 144 valence electrons. The van der Waals surface area contributed by atoms with Gasteiger partial charge in [0.2, 0.25) is 0 Å². The molecule has 2 aromatic carbocycles. The topological polar surface area (TPSA) is 101 Å². The number of sulfonamides is 1. The van der Waals surface area contributed by atoms with Crippen molar-refractivity contribution in [2.45, 2.75) is 4.90 Å². The molecule has 0 saturated heterocycles. The molecule has 11 heteroatoms. The van der Waals surface area contributed by atoms with Crippen LogP contribution in [0.2, 0.25) is 10.0 Å². The van der Waals surface area contributed by atoms with Crippen LogP contribution in [0.25, 0.3) is 22.4 Å². The van der Waals surface area contributed by atoms with Crippen molar-refractivity contribution in [3.8, 4) is 11.3 Å². The molecule has 4 rings (SSSR count). The normalized spacial score (nSPS) is 11.2.